The summed E-state index contributed by atoms with van der Waals surface area (Å²) in [5, 5.41) is 2.90. The molecule has 1 amide bonds. The van der Waals surface area contributed by atoms with Crippen LogP contribution in [0.15, 0.2) is 12.1 Å². The Morgan fingerprint density at radius 2 is 2.06 bits per heavy atom. The first-order valence-electron chi connectivity index (χ1n) is 6.38. The van der Waals surface area contributed by atoms with E-state index in [1.165, 1.54) is 25.7 Å². The summed E-state index contributed by atoms with van der Waals surface area (Å²) in [7, 11) is 0. The number of aromatic nitrogens is 1. The van der Waals surface area contributed by atoms with E-state index < -0.39 is 0 Å². The van der Waals surface area contributed by atoms with Crippen LogP contribution < -0.4 is 5.32 Å². The zero-order valence-electron chi connectivity index (χ0n) is 10.6. The standard InChI is InChI=1S/C14H20N2O/c1-10-7-11(2)15-13(8-10)16-14(17)9-12-5-3-4-6-12/h7-8,12H,3-6,9H2,1-2H3,(H,15,16,17). The van der Waals surface area contributed by atoms with Crippen molar-refractivity contribution in [3.8, 4) is 0 Å². The van der Waals surface area contributed by atoms with Crippen LogP contribution in [0.2, 0.25) is 0 Å². The first kappa shape index (κ1) is 12.1. The predicted octanol–water partition coefficient (Wildman–Crippen LogP) is 3.22. The average molecular weight is 232 g/mol. The van der Waals surface area contributed by atoms with Crippen molar-refractivity contribution in [3.63, 3.8) is 0 Å². The third kappa shape index (κ3) is 3.55. The number of hydrogen-bond acceptors (Lipinski definition) is 2. The maximum atomic E-state index is 11.8. The van der Waals surface area contributed by atoms with E-state index in [2.05, 4.69) is 10.3 Å². The van der Waals surface area contributed by atoms with Crippen molar-refractivity contribution in [1.82, 2.24) is 4.98 Å². The Morgan fingerprint density at radius 3 is 2.71 bits per heavy atom. The van der Waals surface area contributed by atoms with Gasteiger partial charge in [-0.2, -0.15) is 0 Å². The number of carbonyl (C=O) groups is 1. The van der Waals surface area contributed by atoms with Crippen LogP contribution in [-0.2, 0) is 4.79 Å². The van der Waals surface area contributed by atoms with Crippen LogP contribution in [0.4, 0.5) is 5.82 Å². The molecule has 3 heteroatoms. The van der Waals surface area contributed by atoms with Gasteiger partial charge >= 0.3 is 0 Å². The van der Waals surface area contributed by atoms with E-state index in [4.69, 9.17) is 0 Å². The van der Waals surface area contributed by atoms with Gasteiger partial charge in [-0.25, -0.2) is 4.98 Å². The zero-order chi connectivity index (χ0) is 12.3. The third-order valence-electron chi connectivity index (χ3n) is 3.31. The third-order valence-corrected chi connectivity index (χ3v) is 3.31. The van der Waals surface area contributed by atoms with Gasteiger partial charge in [0.05, 0.1) is 0 Å². The molecule has 0 saturated heterocycles. The number of nitrogens with one attached hydrogen (secondary N) is 1. The molecular formula is C14H20N2O. The van der Waals surface area contributed by atoms with Gasteiger partial charge in [0.25, 0.3) is 0 Å². The minimum atomic E-state index is 0.106. The highest BCUT2D eigenvalue weighted by molar-refractivity contribution is 5.90. The molecule has 0 radical (unpaired) electrons. The molecular weight excluding hydrogens is 212 g/mol. The lowest BCUT2D eigenvalue weighted by Crippen LogP contribution is -2.16. The van der Waals surface area contributed by atoms with Crippen LogP contribution in [0.3, 0.4) is 0 Å². The summed E-state index contributed by atoms with van der Waals surface area (Å²) < 4.78 is 0. The highest BCUT2D eigenvalue weighted by Crippen LogP contribution is 2.27. The number of anilines is 1. The van der Waals surface area contributed by atoms with Crippen LogP contribution in [0.1, 0.15) is 43.4 Å². The quantitative estimate of drug-likeness (QED) is 0.869. The fraction of sp³-hybridized carbons (Fsp3) is 0.571. The van der Waals surface area contributed by atoms with Gasteiger partial charge in [-0.15, -0.1) is 0 Å². The molecule has 1 heterocycles. The summed E-state index contributed by atoms with van der Waals surface area (Å²) in [6.45, 7) is 3.96. The van der Waals surface area contributed by atoms with Gasteiger partial charge in [0, 0.05) is 12.1 Å². The summed E-state index contributed by atoms with van der Waals surface area (Å²) in [5.74, 6) is 1.38. The second kappa shape index (κ2) is 5.30. The minimum Gasteiger partial charge on any atom is -0.311 e. The van der Waals surface area contributed by atoms with Crippen molar-refractivity contribution in [3.05, 3.63) is 23.4 Å². The molecule has 2 rings (SSSR count). The molecule has 0 spiro atoms. The van der Waals surface area contributed by atoms with Crippen molar-refractivity contribution in [2.24, 2.45) is 5.92 Å². The Hall–Kier alpha value is -1.38. The fourth-order valence-corrected chi connectivity index (χ4v) is 2.58. The van der Waals surface area contributed by atoms with E-state index in [0.717, 1.165) is 11.3 Å². The van der Waals surface area contributed by atoms with Crippen LogP contribution in [0, 0.1) is 19.8 Å². The number of carbonyl (C=O) groups excluding carboxylic acids is 1. The lowest BCUT2D eigenvalue weighted by Gasteiger charge is -2.10. The topological polar surface area (TPSA) is 42.0 Å². The van der Waals surface area contributed by atoms with Crippen molar-refractivity contribution >= 4 is 11.7 Å². The molecule has 1 fully saturated rings. The van der Waals surface area contributed by atoms with Crippen LogP contribution >= 0.6 is 0 Å². The van der Waals surface area contributed by atoms with Gasteiger partial charge < -0.3 is 5.32 Å². The molecule has 0 bridgehead atoms. The van der Waals surface area contributed by atoms with Crippen molar-refractivity contribution in [2.45, 2.75) is 46.0 Å². The number of hydrogen-bond donors (Lipinski definition) is 1. The van der Waals surface area contributed by atoms with Crippen LogP contribution in [0.25, 0.3) is 0 Å². The Balaban J connectivity index is 1.92. The molecule has 92 valence electrons. The predicted molar refractivity (Wildman–Crippen MR) is 68.9 cm³/mol. The summed E-state index contributed by atoms with van der Waals surface area (Å²) in [6, 6.07) is 3.92. The first-order valence-corrected chi connectivity index (χ1v) is 6.38. The van der Waals surface area contributed by atoms with Gasteiger partial charge in [0.15, 0.2) is 0 Å². The van der Waals surface area contributed by atoms with Crippen LogP contribution in [0.5, 0.6) is 0 Å². The summed E-state index contributed by atoms with van der Waals surface area (Å²) in [4.78, 5) is 16.2. The van der Waals surface area contributed by atoms with E-state index >= 15 is 0 Å². The van der Waals surface area contributed by atoms with Gasteiger partial charge in [0.2, 0.25) is 5.91 Å². The fourth-order valence-electron chi connectivity index (χ4n) is 2.58. The van der Waals surface area contributed by atoms with Gasteiger partial charge in [0.1, 0.15) is 5.82 Å². The normalized spacial score (nSPS) is 16.1. The van der Waals surface area contributed by atoms with Crippen LogP contribution in [-0.4, -0.2) is 10.9 Å². The van der Waals surface area contributed by atoms with E-state index in [1.807, 2.05) is 26.0 Å². The Labute approximate surface area is 103 Å². The largest absolute Gasteiger partial charge is 0.311 e. The van der Waals surface area contributed by atoms with E-state index in [9.17, 15) is 4.79 Å². The number of aryl methyl sites for hydroxylation is 2. The average Bonchev–Trinajstić information content (AvgIpc) is 2.67. The number of pyridine rings is 1. The molecule has 1 aliphatic carbocycles. The molecule has 1 saturated carbocycles. The second-order valence-corrected chi connectivity index (χ2v) is 5.07. The van der Waals surface area contributed by atoms with E-state index in [1.54, 1.807) is 0 Å². The molecule has 1 aromatic rings. The summed E-state index contributed by atoms with van der Waals surface area (Å²) in [5.41, 5.74) is 2.08. The van der Waals surface area contributed by atoms with Gasteiger partial charge in [-0.3, -0.25) is 4.79 Å². The van der Waals surface area contributed by atoms with Gasteiger partial charge in [-0.05, 0) is 50.3 Å². The number of amides is 1. The molecule has 0 atom stereocenters. The zero-order valence-corrected chi connectivity index (χ0v) is 10.6. The van der Waals surface area contributed by atoms with E-state index in [0.29, 0.717) is 18.2 Å². The Kier molecular flexibility index (Phi) is 3.77. The lowest BCUT2D eigenvalue weighted by atomic mass is 10.0. The Morgan fingerprint density at radius 1 is 1.35 bits per heavy atom. The number of nitrogens with zero attached hydrogens (tertiary/aromatic N) is 1. The van der Waals surface area contributed by atoms with E-state index in [-0.39, 0.29) is 5.91 Å². The SMILES string of the molecule is Cc1cc(C)nc(NC(=O)CC2CCCC2)c1. The monoisotopic (exact) mass is 232 g/mol. The second-order valence-electron chi connectivity index (χ2n) is 5.07. The molecule has 1 N–H and O–H groups in total. The molecule has 1 aromatic heterocycles. The first-order chi connectivity index (χ1) is 8.13. The highest BCUT2D eigenvalue weighted by Gasteiger charge is 2.18. The molecule has 1 aliphatic rings. The molecule has 17 heavy (non-hydrogen) atoms. The maximum Gasteiger partial charge on any atom is 0.225 e. The molecule has 0 aromatic carbocycles. The maximum absolute atomic E-state index is 11.8. The van der Waals surface area contributed by atoms with Gasteiger partial charge in [-0.1, -0.05) is 12.8 Å². The highest BCUT2D eigenvalue weighted by atomic mass is 16.1. The Bertz CT molecular complexity index is 388. The molecule has 0 aliphatic heterocycles. The summed E-state index contributed by atoms with van der Waals surface area (Å²) >= 11 is 0. The van der Waals surface area contributed by atoms with Crippen molar-refractivity contribution in [1.29, 1.82) is 0 Å². The van der Waals surface area contributed by atoms with Crippen molar-refractivity contribution < 1.29 is 4.79 Å². The summed E-state index contributed by atoms with van der Waals surface area (Å²) in [6.07, 6.45) is 5.61. The molecule has 3 nitrogen and oxygen atoms in total. The van der Waals surface area contributed by atoms with Crippen molar-refractivity contribution in [2.75, 3.05) is 5.32 Å². The lowest BCUT2D eigenvalue weighted by molar-refractivity contribution is -0.117. The smallest absolute Gasteiger partial charge is 0.225 e. The minimum absolute atomic E-state index is 0.106. The number of rotatable bonds is 3. The molecule has 0 unspecified atom stereocenters.